The third kappa shape index (κ3) is 3.24. The van der Waals surface area contributed by atoms with Crippen molar-refractivity contribution in [3.8, 4) is 0 Å². The van der Waals surface area contributed by atoms with Crippen LogP contribution < -0.4 is 5.73 Å². The summed E-state index contributed by atoms with van der Waals surface area (Å²) in [5, 5.41) is 0. The van der Waals surface area contributed by atoms with Crippen molar-refractivity contribution in [2.75, 3.05) is 0 Å². The molecular weight excluding hydrogens is 246 g/mol. The lowest BCUT2D eigenvalue weighted by atomic mass is 9.83. The van der Waals surface area contributed by atoms with Crippen LogP contribution in [0.1, 0.15) is 69.4 Å². The van der Waals surface area contributed by atoms with Gasteiger partial charge in [-0.3, -0.25) is 0 Å². The Morgan fingerprint density at radius 2 is 1.85 bits per heavy atom. The molecule has 20 heavy (non-hydrogen) atoms. The van der Waals surface area contributed by atoms with Gasteiger partial charge in [0.15, 0.2) is 0 Å². The van der Waals surface area contributed by atoms with Crippen LogP contribution in [0.25, 0.3) is 0 Å². The van der Waals surface area contributed by atoms with E-state index in [1.807, 2.05) is 6.07 Å². The topological polar surface area (TPSA) is 35.2 Å². The lowest BCUT2D eigenvalue weighted by Gasteiger charge is -2.33. The predicted molar refractivity (Wildman–Crippen MR) is 82.5 cm³/mol. The summed E-state index contributed by atoms with van der Waals surface area (Å²) in [6.07, 6.45) is 11.8. The molecule has 0 bridgehead atoms. The standard InChI is InChI=1S/C18H27NO/c19-17(15-7-3-1-4-8-15)10-9-16-11-14-18(20-16)12-5-2-6-13-18/h1,3-4,7-8,16-17H,2,5-6,9-14,19H2. The minimum Gasteiger partial charge on any atom is -0.372 e. The zero-order valence-corrected chi connectivity index (χ0v) is 12.4. The largest absolute Gasteiger partial charge is 0.372 e. The van der Waals surface area contributed by atoms with Gasteiger partial charge in [-0.05, 0) is 44.1 Å². The van der Waals surface area contributed by atoms with Gasteiger partial charge in [0, 0.05) is 6.04 Å². The van der Waals surface area contributed by atoms with Gasteiger partial charge in [-0.15, -0.1) is 0 Å². The van der Waals surface area contributed by atoms with Gasteiger partial charge in [-0.1, -0.05) is 49.6 Å². The molecule has 0 radical (unpaired) electrons. The van der Waals surface area contributed by atoms with Crippen molar-refractivity contribution in [2.45, 2.75) is 75.5 Å². The molecule has 1 saturated carbocycles. The van der Waals surface area contributed by atoms with Crippen LogP contribution in [0.2, 0.25) is 0 Å². The van der Waals surface area contributed by atoms with Crippen LogP contribution in [0.5, 0.6) is 0 Å². The van der Waals surface area contributed by atoms with Crippen molar-refractivity contribution in [1.29, 1.82) is 0 Å². The highest BCUT2D eigenvalue weighted by molar-refractivity contribution is 5.18. The highest BCUT2D eigenvalue weighted by Crippen LogP contribution is 2.43. The summed E-state index contributed by atoms with van der Waals surface area (Å²) in [6, 6.07) is 10.6. The maximum absolute atomic E-state index is 6.42. The minimum absolute atomic E-state index is 0.155. The molecule has 1 heterocycles. The van der Waals surface area contributed by atoms with E-state index in [0.717, 1.165) is 12.8 Å². The van der Waals surface area contributed by atoms with Gasteiger partial charge >= 0.3 is 0 Å². The summed E-state index contributed by atoms with van der Waals surface area (Å²) in [4.78, 5) is 0. The van der Waals surface area contributed by atoms with Crippen LogP contribution in [0, 0.1) is 0 Å². The average molecular weight is 273 g/mol. The smallest absolute Gasteiger partial charge is 0.0687 e. The molecule has 1 aliphatic carbocycles. The Kier molecular flexibility index (Phi) is 4.42. The molecule has 0 aromatic heterocycles. The van der Waals surface area contributed by atoms with Gasteiger partial charge in [-0.2, -0.15) is 0 Å². The Morgan fingerprint density at radius 1 is 1.10 bits per heavy atom. The fourth-order valence-electron chi connectivity index (χ4n) is 3.90. The van der Waals surface area contributed by atoms with Crippen LogP contribution in [0.15, 0.2) is 30.3 Å². The van der Waals surface area contributed by atoms with E-state index in [9.17, 15) is 0 Å². The van der Waals surface area contributed by atoms with E-state index < -0.39 is 0 Å². The summed E-state index contributed by atoms with van der Waals surface area (Å²) >= 11 is 0. The Hall–Kier alpha value is -0.860. The van der Waals surface area contributed by atoms with Crippen molar-refractivity contribution in [3.63, 3.8) is 0 Å². The molecule has 3 rings (SSSR count). The Bertz CT molecular complexity index is 411. The van der Waals surface area contributed by atoms with Crippen LogP contribution in [0.3, 0.4) is 0 Å². The molecule has 2 unspecified atom stereocenters. The van der Waals surface area contributed by atoms with Gasteiger partial charge < -0.3 is 10.5 Å². The first-order chi connectivity index (χ1) is 9.77. The highest BCUT2D eigenvalue weighted by Gasteiger charge is 2.40. The van der Waals surface area contributed by atoms with Crippen LogP contribution >= 0.6 is 0 Å². The monoisotopic (exact) mass is 273 g/mol. The van der Waals surface area contributed by atoms with Gasteiger partial charge in [0.05, 0.1) is 11.7 Å². The number of hydrogen-bond donors (Lipinski definition) is 1. The third-order valence-corrected chi connectivity index (χ3v) is 5.13. The molecule has 2 aliphatic rings. The normalized spacial score (nSPS) is 26.8. The van der Waals surface area contributed by atoms with E-state index >= 15 is 0 Å². The maximum Gasteiger partial charge on any atom is 0.0687 e. The lowest BCUT2D eigenvalue weighted by molar-refractivity contribution is -0.0663. The predicted octanol–water partition coefficient (Wildman–Crippen LogP) is 4.35. The molecule has 1 aliphatic heterocycles. The molecular formula is C18H27NO. The molecule has 1 aromatic rings. The van der Waals surface area contributed by atoms with E-state index in [4.69, 9.17) is 10.5 Å². The second-order valence-electron chi connectivity index (χ2n) is 6.62. The van der Waals surface area contributed by atoms with E-state index in [-0.39, 0.29) is 11.6 Å². The summed E-state index contributed by atoms with van der Waals surface area (Å²) in [5.41, 5.74) is 7.79. The second kappa shape index (κ2) is 6.28. The SMILES string of the molecule is NC(CCC1CCC2(CCCCC2)O1)c1ccccc1. The molecule has 2 nitrogen and oxygen atoms in total. The highest BCUT2D eigenvalue weighted by atomic mass is 16.5. The van der Waals surface area contributed by atoms with Gasteiger partial charge in [0.1, 0.15) is 0 Å². The van der Waals surface area contributed by atoms with Gasteiger partial charge in [0.25, 0.3) is 0 Å². The third-order valence-electron chi connectivity index (χ3n) is 5.13. The summed E-state index contributed by atoms with van der Waals surface area (Å²) in [7, 11) is 0. The summed E-state index contributed by atoms with van der Waals surface area (Å²) in [5.74, 6) is 0. The summed E-state index contributed by atoms with van der Waals surface area (Å²) in [6.45, 7) is 0. The molecule has 2 heteroatoms. The molecule has 2 atom stereocenters. The molecule has 2 fully saturated rings. The quantitative estimate of drug-likeness (QED) is 0.885. The van der Waals surface area contributed by atoms with Crippen molar-refractivity contribution < 1.29 is 4.74 Å². The summed E-state index contributed by atoms with van der Waals surface area (Å²) < 4.78 is 6.42. The Labute approximate surface area is 122 Å². The van der Waals surface area contributed by atoms with Crippen molar-refractivity contribution in [3.05, 3.63) is 35.9 Å². The van der Waals surface area contributed by atoms with Crippen LogP contribution in [-0.2, 0) is 4.74 Å². The molecule has 1 aromatic carbocycles. The Morgan fingerprint density at radius 3 is 2.60 bits per heavy atom. The van der Waals surface area contributed by atoms with Crippen molar-refractivity contribution in [1.82, 2.24) is 0 Å². The van der Waals surface area contributed by atoms with Crippen LogP contribution in [0.4, 0.5) is 0 Å². The zero-order valence-electron chi connectivity index (χ0n) is 12.4. The first-order valence-corrected chi connectivity index (χ1v) is 8.26. The molecule has 2 N–H and O–H groups in total. The van der Waals surface area contributed by atoms with Crippen LogP contribution in [-0.4, -0.2) is 11.7 Å². The van der Waals surface area contributed by atoms with E-state index in [1.54, 1.807) is 0 Å². The fraction of sp³-hybridized carbons (Fsp3) is 0.667. The number of benzene rings is 1. The van der Waals surface area contributed by atoms with E-state index in [0.29, 0.717) is 6.10 Å². The van der Waals surface area contributed by atoms with Crippen molar-refractivity contribution >= 4 is 0 Å². The van der Waals surface area contributed by atoms with Gasteiger partial charge in [0.2, 0.25) is 0 Å². The molecule has 110 valence electrons. The second-order valence-corrected chi connectivity index (χ2v) is 6.62. The zero-order chi connectivity index (χ0) is 13.8. The fourth-order valence-corrected chi connectivity index (χ4v) is 3.90. The number of hydrogen-bond acceptors (Lipinski definition) is 2. The van der Waals surface area contributed by atoms with E-state index in [2.05, 4.69) is 24.3 Å². The number of rotatable bonds is 4. The number of ether oxygens (including phenoxy) is 1. The van der Waals surface area contributed by atoms with Gasteiger partial charge in [-0.25, -0.2) is 0 Å². The average Bonchev–Trinajstić information content (AvgIpc) is 2.89. The molecule has 1 saturated heterocycles. The number of nitrogens with two attached hydrogens (primary N) is 1. The molecule has 1 spiro atoms. The first kappa shape index (κ1) is 14.1. The van der Waals surface area contributed by atoms with Crippen molar-refractivity contribution in [2.24, 2.45) is 5.73 Å². The Balaban J connectivity index is 1.48. The minimum atomic E-state index is 0.155. The lowest BCUT2D eigenvalue weighted by Crippen LogP contribution is -2.31. The first-order valence-electron chi connectivity index (χ1n) is 8.26. The van der Waals surface area contributed by atoms with E-state index in [1.165, 1.54) is 50.5 Å². The molecule has 0 amide bonds. The maximum atomic E-state index is 6.42.